The number of benzene rings is 2. The summed E-state index contributed by atoms with van der Waals surface area (Å²) in [6, 6.07) is 5.49. The van der Waals surface area contributed by atoms with Gasteiger partial charge in [-0.05, 0) is 89.4 Å². The van der Waals surface area contributed by atoms with Gasteiger partial charge in [0.05, 0.1) is 11.2 Å². The van der Waals surface area contributed by atoms with E-state index in [0.717, 1.165) is 30.3 Å². The van der Waals surface area contributed by atoms with Crippen molar-refractivity contribution in [3.8, 4) is 11.3 Å². The molecule has 0 N–H and O–H groups in total. The van der Waals surface area contributed by atoms with Crippen LogP contribution in [0.1, 0.15) is 59.0 Å². The smallest absolute Gasteiger partial charge is 0.419 e. The van der Waals surface area contributed by atoms with Crippen molar-refractivity contribution in [2.24, 2.45) is 0 Å². The zero-order valence-corrected chi connectivity index (χ0v) is 19.7. The molecule has 182 valence electrons. The Hall–Kier alpha value is -3.29. The summed E-state index contributed by atoms with van der Waals surface area (Å²) in [6.45, 7) is 8.97. The van der Waals surface area contributed by atoms with Crippen molar-refractivity contribution >= 4 is 23.0 Å². The van der Waals surface area contributed by atoms with Gasteiger partial charge in [-0.15, -0.1) is 0 Å². The molecule has 0 amide bonds. The maximum Gasteiger partial charge on any atom is 0.419 e. The fourth-order valence-electron chi connectivity index (χ4n) is 3.25. The van der Waals surface area contributed by atoms with E-state index >= 15 is 4.39 Å². The molecule has 0 atom stereocenters. The number of hydrogen-bond acceptors (Lipinski definition) is 4. The second-order valence-corrected chi connectivity index (χ2v) is 9.58. The van der Waals surface area contributed by atoms with E-state index in [1.807, 2.05) is 0 Å². The molecule has 0 saturated heterocycles. The average molecular weight is 480 g/mol. The summed E-state index contributed by atoms with van der Waals surface area (Å²) in [5.74, 6) is -4.67. The number of rotatable bonds is 4. The van der Waals surface area contributed by atoms with Gasteiger partial charge >= 0.3 is 12.1 Å². The average Bonchev–Trinajstić information content (AvgIpc) is 3.07. The van der Waals surface area contributed by atoms with Crippen LogP contribution in [0.3, 0.4) is 0 Å². The number of carbonyl (C=O) groups excluding carboxylic acids is 2. The first-order chi connectivity index (χ1) is 17.2. The standard InChI is InChI=1S/C26H28F3NO4/c1-25(2,3)33-21(31)12-11-18-19-13-17(28)14-20(29)23(19)30(24(32)34-26(4,5)6)22(18)15-7-9-16(27)10-8-15/h7-10,13-14H,11-12H2,1-6H3/i11D2,12D2. The Morgan fingerprint density at radius 2 is 1.50 bits per heavy atom. The third kappa shape index (κ3) is 5.79. The van der Waals surface area contributed by atoms with Gasteiger partial charge in [0.2, 0.25) is 0 Å². The summed E-state index contributed by atoms with van der Waals surface area (Å²) in [5.41, 5.74) is -4.13. The van der Waals surface area contributed by atoms with Crippen LogP contribution in [0.15, 0.2) is 36.4 Å². The molecule has 0 saturated carbocycles. The molecule has 1 aromatic heterocycles. The zero-order chi connectivity index (χ0) is 29.0. The molecule has 1 heterocycles. The van der Waals surface area contributed by atoms with Gasteiger partial charge in [-0.1, -0.05) is 0 Å². The van der Waals surface area contributed by atoms with E-state index in [1.165, 1.54) is 41.5 Å². The summed E-state index contributed by atoms with van der Waals surface area (Å²) in [4.78, 5) is 26.2. The lowest BCUT2D eigenvalue weighted by Crippen LogP contribution is -2.27. The summed E-state index contributed by atoms with van der Waals surface area (Å²) in [7, 11) is 0. The quantitative estimate of drug-likeness (QED) is 0.387. The van der Waals surface area contributed by atoms with E-state index in [0.29, 0.717) is 10.6 Å². The SMILES string of the molecule is [2H]C([2H])(C(=O)OC(C)(C)C)C([2H])([2H])c1c(-c2ccc(F)cc2)n(C(=O)OC(C)(C)C)c2c(F)cc(F)cc12. The monoisotopic (exact) mass is 479 g/mol. The summed E-state index contributed by atoms with van der Waals surface area (Å²) < 4.78 is 89.2. The Kier molecular flexibility index (Phi) is 5.42. The number of hydrogen-bond donors (Lipinski definition) is 0. The first-order valence-electron chi connectivity index (χ1n) is 12.4. The highest BCUT2D eigenvalue weighted by Crippen LogP contribution is 2.37. The fraction of sp³-hybridized carbons (Fsp3) is 0.385. The van der Waals surface area contributed by atoms with Gasteiger partial charge in [-0.3, -0.25) is 4.79 Å². The molecule has 34 heavy (non-hydrogen) atoms. The molecule has 5 nitrogen and oxygen atoms in total. The minimum absolute atomic E-state index is 0.0490. The van der Waals surface area contributed by atoms with E-state index in [1.54, 1.807) is 0 Å². The van der Waals surface area contributed by atoms with Crippen LogP contribution in [-0.4, -0.2) is 27.8 Å². The molecule has 0 bridgehead atoms. The Balaban J connectivity index is 2.52. The molecule has 3 rings (SSSR count). The van der Waals surface area contributed by atoms with Gasteiger partial charge in [-0.25, -0.2) is 22.5 Å². The van der Waals surface area contributed by atoms with Gasteiger partial charge in [0, 0.05) is 23.3 Å². The topological polar surface area (TPSA) is 57.5 Å². The maximum atomic E-state index is 15.3. The van der Waals surface area contributed by atoms with Gasteiger partial charge in [0.25, 0.3) is 0 Å². The van der Waals surface area contributed by atoms with E-state index in [-0.39, 0.29) is 5.56 Å². The van der Waals surface area contributed by atoms with Gasteiger partial charge < -0.3 is 9.47 Å². The number of nitrogens with zero attached hydrogens (tertiary/aromatic N) is 1. The van der Waals surface area contributed by atoms with Crippen molar-refractivity contribution in [1.82, 2.24) is 4.57 Å². The zero-order valence-electron chi connectivity index (χ0n) is 23.7. The van der Waals surface area contributed by atoms with Gasteiger partial charge in [0.15, 0.2) is 5.82 Å². The number of carbonyl (C=O) groups is 2. The second-order valence-electron chi connectivity index (χ2n) is 9.58. The van der Waals surface area contributed by atoms with Crippen LogP contribution in [0.2, 0.25) is 0 Å². The Morgan fingerprint density at radius 1 is 0.912 bits per heavy atom. The molecule has 0 fully saturated rings. The molecule has 0 radical (unpaired) electrons. The lowest BCUT2D eigenvalue weighted by molar-refractivity contribution is -0.154. The lowest BCUT2D eigenvalue weighted by Gasteiger charge is -2.21. The Bertz CT molecular complexity index is 1410. The van der Waals surface area contributed by atoms with Crippen LogP contribution in [0.5, 0.6) is 0 Å². The third-order valence-corrected chi connectivity index (χ3v) is 4.36. The van der Waals surface area contributed by atoms with Crippen LogP contribution < -0.4 is 0 Å². The molecule has 2 aromatic carbocycles. The molecule has 0 aliphatic carbocycles. The second kappa shape index (κ2) is 9.16. The first kappa shape index (κ1) is 20.1. The Morgan fingerprint density at radius 3 is 2.06 bits per heavy atom. The van der Waals surface area contributed by atoms with Gasteiger partial charge in [0.1, 0.15) is 22.8 Å². The molecule has 0 spiro atoms. The normalized spacial score (nSPS) is 14.7. The van der Waals surface area contributed by atoms with Crippen LogP contribution in [0, 0.1) is 17.5 Å². The van der Waals surface area contributed by atoms with Crippen molar-refractivity contribution in [1.29, 1.82) is 0 Å². The summed E-state index contributed by atoms with van der Waals surface area (Å²) in [5, 5.41) is -0.523. The number of halogens is 3. The molecular formula is C26H28F3NO4. The molecule has 0 aliphatic heterocycles. The molecular weight excluding hydrogens is 447 g/mol. The molecule has 3 aromatic rings. The summed E-state index contributed by atoms with van der Waals surface area (Å²) >= 11 is 0. The van der Waals surface area contributed by atoms with Crippen molar-refractivity contribution in [3.05, 3.63) is 59.4 Å². The molecule has 0 unspecified atom stereocenters. The van der Waals surface area contributed by atoms with Crippen LogP contribution in [0.25, 0.3) is 22.2 Å². The largest absolute Gasteiger partial charge is 0.460 e. The fourth-order valence-corrected chi connectivity index (χ4v) is 3.25. The van der Waals surface area contributed by atoms with Crippen LogP contribution in [0.4, 0.5) is 18.0 Å². The van der Waals surface area contributed by atoms with Crippen molar-refractivity contribution in [2.75, 3.05) is 0 Å². The predicted octanol–water partition coefficient (Wildman–Crippen LogP) is 6.78. The first-order valence-corrected chi connectivity index (χ1v) is 10.4. The van der Waals surface area contributed by atoms with E-state index in [2.05, 4.69) is 0 Å². The van der Waals surface area contributed by atoms with E-state index < -0.39 is 75.6 Å². The number of fused-ring (bicyclic) bond motifs is 1. The van der Waals surface area contributed by atoms with Crippen LogP contribution in [-0.2, 0) is 20.6 Å². The number of ether oxygens (including phenoxy) is 2. The van der Waals surface area contributed by atoms with Crippen molar-refractivity contribution in [3.63, 3.8) is 0 Å². The van der Waals surface area contributed by atoms with E-state index in [4.69, 9.17) is 15.0 Å². The highest BCUT2D eigenvalue weighted by atomic mass is 19.1. The Labute approximate surface area is 202 Å². The summed E-state index contributed by atoms with van der Waals surface area (Å²) in [6.07, 6.45) is -7.93. The van der Waals surface area contributed by atoms with Crippen molar-refractivity contribution < 1.29 is 37.7 Å². The maximum absolute atomic E-state index is 15.3. The number of aromatic nitrogens is 1. The minimum Gasteiger partial charge on any atom is -0.460 e. The lowest BCUT2D eigenvalue weighted by atomic mass is 10.0. The molecule has 8 heteroatoms. The minimum atomic E-state index is -3.41. The third-order valence-electron chi connectivity index (χ3n) is 4.36. The highest BCUT2D eigenvalue weighted by molar-refractivity contribution is 6.00. The number of aryl methyl sites for hydroxylation is 1. The number of esters is 1. The highest BCUT2D eigenvalue weighted by Gasteiger charge is 2.29. The van der Waals surface area contributed by atoms with Crippen LogP contribution >= 0.6 is 0 Å². The van der Waals surface area contributed by atoms with Crippen molar-refractivity contribution in [2.45, 2.75) is 65.5 Å². The van der Waals surface area contributed by atoms with E-state index in [9.17, 15) is 18.4 Å². The van der Waals surface area contributed by atoms with Gasteiger partial charge in [-0.2, -0.15) is 0 Å². The molecule has 0 aliphatic rings. The predicted molar refractivity (Wildman–Crippen MR) is 123 cm³/mol.